The highest BCUT2D eigenvalue weighted by molar-refractivity contribution is 7.90. The van der Waals surface area contributed by atoms with Crippen LogP contribution in [0.5, 0.6) is 0 Å². The Balaban J connectivity index is 2.29. The topological polar surface area (TPSA) is 80.5 Å². The van der Waals surface area contributed by atoms with Gasteiger partial charge in [0.25, 0.3) is 15.9 Å². The molecule has 0 radical (unpaired) electrons. The highest BCUT2D eigenvalue weighted by Gasteiger charge is 2.49. The molecule has 1 fully saturated rings. The van der Waals surface area contributed by atoms with Crippen LogP contribution in [0.4, 0.5) is 5.69 Å². The maximum atomic E-state index is 12.1. The Morgan fingerprint density at radius 2 is 2.00 bits per heavy atom. The summed E-state index contributed by atoms with van der Waals surface area (Å²) in [6.45, 7) is 0. The Kier molecular flexibility index (Phi) is 1.67. The van der Waals surface area contributed by atoms with Crippen molar-refractivity contribution in [3.63, 3.8) is 0 Å². The molecule has 3 rings (SSSR count). The molecule has 1 aromatic carbocycles. The molecule has 1 aliphatic heterocycles. The lowest BCUT2D eigenvalue weighted by atomic mass is 10.2. The van der Waals surface area contributed by atoms with Crippen molar-refractivity contribution in [1.82, 2.24) is 4.31 Å². The summed E-state index contributed by atoms with van der Waals surface area (Å²) in [4.78, 5) is 11.9. The van der Waals surface area contributed by atoms with Gasteiger partial charge in [0.1, 0.15) is 4.90 Å². The first-order valence-electron chi connectivity index (χ1n) is 5.01. The summed E-state index contributed by atoms with van der Waals surface area (Å²) in [6.07, 6.45) is 1.50. The third kappa shape index (κ3) is 1.05. The molecule has 0 spiro atoms. The predicted octanol–water partition coefficient (Wildman–Crippen LogP) is 0.576. The first kappa shape index (κ1) is 9.65. The van der Waals surface area contributed by atoms with Crippen molar-refractivity contribution in [1.29, 1.82) is 0 Å². The molecular formula is C10H10N2O3S. The van der Waals surface area contributed by atoms with Gasteiger partial charge in [0.2, 0.25) is 0 Å². The van der Waals surface area contributed by atoms with E-state index in [0.29, 0.717) is 0 Å². The zero-order valence-electron chi connectivity index (χ0n) is 8.38. The lowest BCUT2D eigenvalue weighted by Gasteiger charge is -2.13. The fraction of sp³-hybridized carbons (Fsp3) is 0.300. The van der Waals surface area contributed by atoms with Crippen molar-refractivity contribution in [2.75, 3.05) is 5.73 Å². The summed E-state index contributed by atoms with van der Waals surface area (Å²) in [6, 6.07) is 4.44. The number of hydrogen-bond donors (Lipinski definition) is 1. The largest absolute Gasteiger partial charge is 0.398 e. The minimum absolute atomic E-state index is 0.0214. The van der Waals surface area contributed by atoms with E-state index in [1.165, 1.54) is 12.1 Å². The number of anilines is 1. The van der Waals surface area contributed by atoms with Crippen molar-refractivity contribution >= 4 is 21.6 Å². The van der Waals surface area contributed by atoms with Crippen LogP contribution in [0.25, 0.3) is 0 Å². The van der Waals surface area contributed by atoms with Gasteiger partial charge in [0.05, 0.1) is 11.3 Å². The molecule has 0 atom stereocenters. The second-order valence-corrected chi connectivity index (χ2v) is 5.81. The van der Waals surface area contributed by atoms with Crippen molar-refractivity contribution in [2.45, 2.75) is 23.8 Å². The van der Waals surface area contributed by atoms with E-state index in [1.54, 1.807) is 6.07 Å². The molecular weight excluding hydrogens is 228 g/mol. The predicted molar refractivity (Wildman–Crippen MR) is 57.2 cm³/mol. The number of carbonyl (C=O) groups is 1. The van der Waals surface area contributed by atoms with Crippen LogP contribution < -0.4 is 5.73 Å². The quantitative estimate of drug-likeness (QED) is 0.725. The summed E-state index contributed by atoms with van der Waals surface area (Å²) in [7, 11) is -3.70. The molecule has 5 nitrogen and oxygen atoms in total. The van der Waals surface area contributed by atoms with Crippen molar-refractivity contribution in [2.24, 2.45) is 0 Å². The molecule has 2 N–H and O–H groups in total. The van der Waals surface area contributed by atoms with Gasteiger partial charge in [-0.05, 0) is 25.0 Å². The smallest absolute Gasteiger partial charge is 0.269 e. The minimum Gasteiger partial charge on any atom is -0.398 e. The van der Waals surface area contributed by atoms with Crippen molar-refractivity contribution in [3.8, 4) is 0 Å². The standard InChI is InChI=1S/C10H10N2O3S/c11-8-3-1-2-7-9(8)16(14,15)12(10(7)13)6-4-5-6/h1-3,6H,4-5,11H2. The van der Waals surface area contributed by atoms with E-state index in [2.05, 4.69) is 0 Å². The van der Waals surface area contributed by atoms with E-state index in [-0.39, 0.29) is 22.2 Å². The first-order valence-corrected chi connectivity index (χ1v) is 6.45. The van der Waals surface area contributed by atoms with Gasteiger partial charge in [-0.2, -0.15) is 0 Å². The molecule has 0 unspecified atom stereocenters. The van der Waals surface area contributed by atoms with Crippen LogP contribution in [0.15, 0.2) is 23.1 Å². The highest BCUT2D eigenvalue weighted by atomic mass is 32.2. The van der Waals surface area contributed by atoms with Gasteiger partial charge in [-0.25, -0.2) is 12.7 Å². The van der Waals surface area contributed by atoms with Crippen LogP contribution >= 0.6 is 0 Å². The molecule has 1 heterocycles. The normalized spacial score (nSPS) is 22.2. The van der Waals surface area contributed by atoms with Crippen LogP contribution in [0.2, 0.25) is 0 Å². The third-order valence-corrected chi connectivity index (χ3v) is 4.82. The first-order chi connectivity index (χ1) is 7.53. The molecule has 1 amide bonds. The zero-order valence-corrected chi connectivity index (χ0v) is 9.20. The molecule has 0 bridgehead atoms. The van der Waals surface area contributed by atoms with Crippen LogP contribution in [-0.4, -0.2) is 24.7 Å². The number of nitrogens with two attached hydrogens (primary N) is 1. The Hall–Kier alpha value is -1.56. The van der Waals surface area contributed by atoms with Gasteiger partial charge >= 0.3 is 0 Å². The summed E-state index contributed by atoms with van der Waals surface area (Å²) in [5.41, 5.74) is 5.98. The second-order valence-electron chi connectivity index (χ2n) is 4.06. The van der Waals surface area contributed by atoms with Crippen LogP contribution in [-0.2, 0) is 10.0 Å². The van der Waals surface area contributed by atoms with E-state index in [4.69, 9.17) is 5.73 Å². The number of hydrogen-bond acceptors (Lipinski definition) is 4. The van der Waals surface area contributed by atoms with E-state index in [9.17, 15) is 13.2 Å². The van der Waals surface area contributed by atoms with Crippen molar-refractivity contribution in [3.05, 3.63) is 23.8 Å². The molecule has 16 heavy (non-hydrogen) atoms. The molecule has 1 aromatic rings. The van der Waals surface area contributed by atoms with Gasteiger partial charge in [-0.15, -0.1) is 0 Å². The van der Waals surface area contributed by atoms with Crippen molar-refractivity contribution < 1.29 is 13.2 Å². The Morgan fingerprint density at radius 1 is 1.31 bits per heavy atom. The maximum absolute atomic E-state index is 12.1. The summed E-state index contributed by atoms with van der Waals surface area (Å²) in [5.74, 6) is -0.440. The number of nitrogen functional groups attached to an aromatic ring is 1. The Morgan fingerprint density at radius 3 is 2.56 bits per heavy atom. The lowest BCUT2D eigenvalue weighted by molar-refractivity contribution is 0.0865. The fourth-order valence-corrected chi connectivity index (χ4v) is 3.92. The Labute approximate surface area is 92.9 Å². The number of fused-ring (bicyclic) bond motifs is 1. The number of amides is 1. The molecule has 2 aliphatic rings. The summed E-state index contributed by atoms with van der Waals surface area (Å²) >= 11 is 0. The number of nitrogens with zero attached hydrogens (tertiary/aromatic N) is 1. The molecule has 0 aromatic heterocycles. The Bertz CT molecular complexity index is 590. The number of rotatable bonds is 1. The number of carbonyl (C=O) groups excluding carboxylic acids is 1. The van der Waals surface area contributed by atoms with Crippen LogP contribution in [0.3, 0.4) is 0 Å². The van der Waals surface area contributed by atoms with Crippen LogP contribution in [0, 0.1) is 0 Å². The highest BCUT2D eigenvalue weighted by Crippen LogP contribution is 2.41. The third-order valence-electron chi connectivity index (χ3n) is 2.87. The van der Waals surface area contributed by atoms with E-state index in [0.717, 1.165) is 17.1 Å². The molecule has 1 saturated carbocycles. The average Bonchev–Trinajstić information content (AvgIpc) is 2.97. The zero-order chi connectivity index (χ0) is 11.5. The van der Waals surface area contributed by atoms with Gasteiger partial charge in [0, 0.05) is 6.04 Å². The van der Waals surface area contributed by atoms with E-state index >= 15 is 0 Å². The van der Waals surface area contributed by atoms with Gasteiger partial charge in [-0.1, -0.05) is 6.07 Å². The molecule has 6 heteroatoms. The number of benzene rings is 1. The van der Waals surface area contributed by atoms with Gasteiger partial charge in [0.15, 0.2) is 0 Å². The SMILES string of the molecule is Nc1cccc2c1S(=O)(=O)N(C1CC1)C2=O. The second kappa shape index (κ2) is 2.76. The van der Waals surface area contributed by atoms with Gasteiger partial charge < -0.3 is 5.73 Å². The average molecular weight is 238 g/mol. The van der Waals surface area contributed by atoms with E-state index < -0.39 is 15.9 Å². The lowest BCUT2D eigenvalue weighted by Crippen LogP contribution is -2.32. The minimum atomic E-state index is -3.70. The summed E-state index contributed by atoms with van der Waals surface area (Å²) in [5, 5.41) is 0. The molecule has 1 aliphatic carbocycles. The monoisotopic (exact) mass is 238 g/mol. The fourth-order valence-electron chi connectivity index (χ4n) is 2.01. The maximum Gasteiger partial charge on any atom is 0.269 e. The van der Waals surface area contributed by atoms with E-state index in [1.807, 2.05) is 0 Å². The molecule has 84 valence electrons. The van der Waals surface area contributed by atoms with Crippen LogP contribution in [0.1, 0.15) is 23.2 Å². The van der Waals surface area contributed by atoms with Gasteiger partial charge in [-0.3, -0.25) is 4.79 Å². The number of sulfonamides is 1. The molecule has 0 saturated heterocycles. The summed E-state index contributed by atoms with van der Waals surface area (Å²) < 4.78 is 25.2.